The van der Waals surface area contributed by atoms with Crippen molar-refractivity contribution in [3.05, 3.63) is 24.2 Å². The summed E-state index contributed by atoms with van der Waals surface area (Å²) in [5, 5.41) is 0. The maximum atomic E-state index is 11.6. The third kappa shape index (κ3) is 2.76. The molecule has 0 amide bonds. The van der Waals surface area contributed by atoms with Crippen molar-refractivity contribution in [1.29, 1.82) is 0 Å². The summed E-state index contributed by atoms with van der Waals surface area (Å²) in [5.74, 6) is 1.74. The summed E-state index contributed by atoms with van der Waals surface area (Å²) in [6.07, 6.45) is 1.50. The summed E-state index contributed by atoms with van der Waals surface area (Å²) in [4.78, 5) is 13.7. The Kier molecular flexibility index (Phi) is 3.33. The SMILES string of the molecule is O=C(CN1CCS(=O)CC1)c1ccco1. The highest BCUT2D eigenvalue weighted by Crippen LogP contribution is 2.05. The van der Waals surface area contributed by atoms with Crippen molar-refractivity contribution in [2.45, 2.75) is 0 Å². The molecule has 1 fully saturated rings. The fraction of sp³-hybridized carbons (Fsp3) is 0.500. The molecule has 15 heavy (non-hydrogen) atoms. The van der Waals surface area contributed by atoms with Gasteiger partial charge in [-0.3, -0.25) is 13.9 Å². The van der Waals surface area contributed by atoms with Gasteiger partial charge in [0.25, 0.3) is 0 Å². The number of hydrogen-bond donors (Lipinski definition) is 0. The predicted molar refractivity (Wildman–Crippen MR) is 57.4 cm³/mol. The van der Waals surface area contributed by atoms with Gasteiger partial charge in [-0.05, 0) is 12.1 Å². The lowest BCUT2D eigenvalue weighted by atomic mass is 10.3. The van der Waals surface area contributed by atoms with Crippen molar-refractivity contribution in [3.63, 3.8) is 0 Å². The van der Waals surface area contributed by atoms with E-state index in [1.54, 1.807) is 12.1 Å². The monoisotopic (exact) mass is 227 g/mol. The molecule has 0 saturated carbocycles. The maximum absolute atomic E-state index is 11.6. The summed E-state index contributed by atoms with van der Waals surface area (Å²) in [5.41, 5.74) is 0. The zero-order valence-corrected chi connectivity index (χ0v) is 9.16. The molecule has 0 bridgehead atoms. The third-order valence-corrected chi connectivity index (χ3v) is 3.71. The molecule has 1 saturated heterocycles. The molecule has 0 unspecified atom stereocenters. The van der Waals surface area contributed by atoms with Gasteiger partial charge in [-0.1, -0.05) is 0 Å². The van der Waals surface area contributed by atoms with E-state index in [1.165, 1.54) is 6.26 Å². The first-order chi connectivity index (χ1) is 7.25. The average Bonchev–Trinajstić information content (AvgIpc) is 2.74. The van der Waals surface area contributed by atoms with E-state index in [0.717, 1.165) is 13.1 Å². The van der Waals surface area contributed by atoms with Crippen LogP contribution in [0, 0.1) is 0 Å². The first kappa shape index (κ1) is 10.6. The molecule has 0 aromatic carbocycles. The first-order valence-electron chi connectivity index (χ1n) is 4.90. The van der Waals surface area contributed by atoms with E-state index in [1.807, 2.05) is 4.90 Å². The summed E-state index contributed by atoms with van der Waals surface area (Å²) in [7, 11) is -0.689. The van der Waals surface area contributed by atoms with Crippen molar-refractivity contribution < 1.29 is 13.4 Å². The number of ketones is 1. The minimum absolute atomic E-state index is 0.00678. The molecular formula is C10H13NO3S. The van der Waals surface area contributed by atoms with Crippen molar-refractivity contribution in [2.75, 3.05) is 31.1 Å². The van der Waals surface area contributed by atoms with E-state index >= 15 is 0 Å². The van der Waals surface area contributed by atoms with Crippen LogP contribution in [0.15, 0.2) is 22.8 Å². The molecule has 0 spiro atoms. The number of Topliss-reactive ketones (excluding diaryl/α,β-unsaturated/α-hetero) is 1. The number of hydrogen-bond acceptors (Lipinski definition) is 4. The van der Waals surface area contributed by atoms with Crippen molar-refractivity contribution in [1.82, 2.24) is 4.90 Å². The lowest BCUT2D eigenvalue weighted by Crippen LogP contribution is -2.40. The number of carbonyl (C=O) groups is 1. The fourth-order valence-corrected chi connectivity index (χ4v) is 2.68. The second-order valence-electron chi connectivity index (χ2n) is 3.52. The molecule has 4 nitrogen and oxygen atoms in total. The summed E-state index contributed by atoms with van der Waals surface area (Å²) >= 11 is 0. The smallest absolute Gasteiger partial charge is 0.211 e. The van der Waals surface area contributed by atoms with Gasteiger partial charge in [0.2, 0.25) is 5.78 Å². The Morgan fingerprint density at radius 1 is 1.47 bits per heavy atom. The molecule has 1 aliphatic rings. The average molecular weight is 227 g/mol. The minimum atomic E-state index is -0.689. The Labute approximate surface area is 90.7 Å². The Bertz CT molecular complexity index is 351. The van der Waals surface area contributed by atoms with Crippen LogP contribution in [0.3, 0.4) is 0 Å². The van der Waals surface area contributed by atoms with E-state index < -0.39 is 10.8 Å². The standard InChI is InChI=1S/C10H13NO3S/c12-9(10-2-1-5-14-10)8-11-3-6-15(13)7-4-11/h1-2,5H,3-4,6-8H2. The second kappa shape index (κ2) is 4.72. The third-order valence-electron chi connectivity index (χ3n) is 2.43. The van der Waals surface area contributed by atoms with Crippen LogP contribution in [-0.2, 0) is 10.8 Å². The largest absolute Gasteiger partial charge is 0.461 e. The van der Waals surface area contributed by atoms with Crippen molar-refractivity contribution >= 4 is 16.6 Å². The molecule has 2 rings (SSSR count). The molecule has 2 heterocycles. The van der Waals surface area contributed by atoms with Gasteiger partial charge >= 0.3 is 0 Å². The van der Waals surface area contributed by atoms with Crippen molar-refractivity contribution in [3.8, 4) is 0 Å². The molecule has 1 aromatic rings. The zero-order chi connectivity index (χ0) is 10.7. The predicted octanol–water partition coefficient (Wildman–Crippen LogP) is 0.527. The van der Waals surface area contributed by atoms with Crippen LogP contribution in [0.5, 0.6) is 0 Å². The second-order valence-corrected chi connectivity index (χ2v) is 5.22. The first-order valence-corrected chi connectivity index (χ1v) is 6.38. The fourth-order valence-electron chi connectivity index (χ4n) is 1.55. The summed E-state index contributed by atoms with van der Waals surface area (Å²) < 4.78 is 16.1. The Morgan fingerprint density at radius 2 is 2.20 bits per heavy atom. The number of furan rings is 1. The normalized spacial score (nSPS) is 19.2. The number of carbonyl (C=O) groups excluding carboxylic acids is 1. The van der Waals surface area contributed by atoms with Crippen LogP contribution in [-0.4, -0.2) is 46.0 Å². The highest BCUT2D eigenvalue weighted by molar-refractivity contribution is 7.85. The lowest BCUT2D eigenvalue weighted by Gasteiger charge is -2.24. The van der Waals surface area contributed by atoms with Gasteiger partial charge in [-0.2, -0.15) is 0 Å². The van der Waals surface area contributed by atoms with Gasteiger partial charge in [0.05, 0.1) is 12.8 Å². The number of nitrogens with zero attached hydrogens (tertiary/aromatic N) is 1. The van der Waals surface area contributed by atoms with Gasteiger partial charge in [-0.15, -0.1) is 0 Å². The van der Waals surface area contributed by atoms with Gasteiger partial charge < -0.3 is 4.42 Å². The van der Waals surface area contributed by atoms with E-state index in [-0.39, 0.29) is 5.78 Å². The lowest BCUT2D eigenvalue weighted by molar-refractivity contribution is 0.0909. The Morgan fingerprint density at radius 3 is 2.80 bits per heavy atom. The highest BCUT2D eigenvalue weighted by atomic mass is 32.2. The Hall–Kier alpha value is -0.940. The van der Waals surface area contributed by atoms with Crippen LogP contribution in [0.2, 0.25) is 0 Å². The van der Waals surface area contributed by atoms with Gasteiger partial charge in [0, 0.05) is 35.4 Å². The van der Waals surface area contributed by atoms with E-state index in [0.29, 0.717) is 23.8 Å². The van der Waals surface area contributed by atoms with Gasteiger partial charge in [-0.25, -0.2) is 0 Å². The molecule has 0 N–H and O–H groups in total. The molecule has 1 aromatic heterocycles. The van der Waals surface area contributed by atoms with Crippen molar-refractivity contribution in [2.24, 2.45) is 0 Å². The summed E-state index contributed by atoms with van der Waals surface area (Å²) in [6, 6.07) is 3.38. The molecular weight excluding hydrogens is 214 g/mol. The van der Waals surface area contributed by atoms with Crippen LogP contribution in [0.1, 0.15) is 10.6 Å². The summed E-state index contributed by atoms with van der Waals surface area (Å²) in [6.45, 7) is 1.84. The minimum Gasteiger partial charge on any atom is -0.461 e. The quantitative estimate of drug-likeness (QED) is 0.707. The molecule has 0 atom stereocenters. The molecule has 82 valence electrons. The van der Waals surface area contributed by atoms with Crippen LogP contribution in [0.4, 0.5) is 0 Å². The molecule has 0 aliphatic carbocycles. The highest BCUT2D eigenvalue weighted by Gasteiger charge is 2.19. The van der Waals surface area contributed by atoms with E-state index in [2.05, 4.69) is 0 Å². The molecule has 1 aliphatic heterocycles. The van der Waals surface area contributed by atoms with E-state index in [4.69, 9.17) is 4.42 Å². The molecule has 0 radical (unpaired) electrons. The number of rotatable bonds is 3. The maximum Gasteiger partial charge on any atom is 0.211 e. The topological polar surface area (TPSA) is 50.5 Å². The van der Waals surface area contributed by atoms with Gasteiger partial charge in [0.15, 0.2) is 5.76 Å². The van der Waals surface area contributed by atoms with Gasteiger partial charge in [0.1, 0.15) is 0 Å². The van der Waals surface area contributed by atoms with Crippen LogP contribution in [0.25, 0.3) is 0 Å². The zero-order valence-electron chi connectivity index (χ0n) is 8.35. The molecule has 5 heteroatoms. The Balaban J connectivity index is 1.87. The van der Waals surface area contributed by atoms with Crippen LogP contribution >= 0.6 is 0 Å². The van der Waals surface area contributed by atoms with E-state index in [9.17, 15) is 9.00 Å². The van der Waals surface area contributed by atoms with Crippen LogP contribution < -0.4 is 0 Å².